The summed E-state index contributed by atoms with van der Waals surface area (Å²) in [7, 11) is 0. The predicted octanol–water partition coefficient (Wildman–Crippen LogP) is 0.552. The van der Waals surface area contributed by atoms with Gasteiger partial charge in [0.05, 0.1) is 6.54 Å². The van der Waals surface area contributed by atoms with E-state index in [1.54, 1.807) is 0 Å². The maximum Gasteiger partial charge on any atom is 0.0536 e. The van der Waals surface area contributed by atoms with Crippen LogP contribution in [0.2, 0.25) is 0 Å². The zero-order chi connectivity index (χ0) is 10.7. The molecule has 1 saturated heterocycles. The van der Waals surface area contributed by atoms with E-state index >= 15 is 0 Å². The SMILES string of the molecule is CC1CCN(CCn2cccn2)CC1N. The molecule has 1 aromatic rings. The fourth-order valence-electron chi connectivity index (χ4n) is 2.05. The molecule has 2 N–H and O–H groups in total. The van der Waals surface area contributed by atoms with Gasteiger partial charge in [0, 0.05) is 31.5 Å². The molecule has 0 spiro atoms. The molecule has 4 nitrogen and oxygen atoms in total. The summed E-state index contributed by atoms with van der Waals surface area (Å²) in [6.07, 6.45) is 5.05. The summed E-state index contributed by atoms with van der Waals surface area (Å²) in [4.78, 5) is 2.44. The maximum absolute atomic E-state index is 6.05. The van der Waals surface area contributed by atoms with Gasteiger partial charge in [-0.25, -0.2) is 0 Å². The first-order chi connectivity index (χ1) is 7.25. The minimum atomic E-state index is 0.344. The zero-order valence-electron chi connectivity index (χ0n) is 9.34. The number of rotatable bonds is 3. The minimum absolute atomic E-state index is 0.344. The lowest BCUT2D eigenvalue weighted by molar-refractivity contribution is 0.162. The third kappa shape index (κ3) is 2.79. The summed E-state index contributed by atoms with van der Waals surface area (Å²) < 4.78 is 1.98. The molecule has 0 aromatic carbocycles. The van der Waals surface area contributed by atoms with Crippen LogP contribution >= 0.6 is 0 Å². The molecule has 2 unspecified atom stereocenters. The number of hydrogen-bond acceptors (Lipinski definition) is 3. The van der Waals surface area contributed by atoms with Crippen molar-refractivity contribution in [1.29, 1.82) is 0 Å². The molecular formula is C11H20N4. The summed E-state index contributed by atoms with van der Waals surface area (Å²) in [6, 6.07) is 2.31. The van der Waals surface area contributed by atoms with Crippen LogP contribution < -0.4 is 5.73 Å². The Morgan fingerprint density at radius 2 is 2.33 bits per heavy atom. The van der Waals surface area contributed by atoms with Crippen LogP contribution in [0.25, 0.3) is 0 Å². The van der Waals surface area contributed by atoms with Crippen LogP contribution in [0, 0.1) is 5.92 Å². The van der Waals surface area contributed by atoms with Crippen molar-refractivity contribution in [3.05, 3.63) is 18.5 Å². The Kier molecular flexibility index (Phi) is 3.38. The molecule has 1 fully saturated rings. The summed E-state index contributed by atoms with van der Waals surface area (Å²) in [5, 5.41) is 4.19. The van der Waals surface area contributed by atoms with Gasteiger partial charge in [0.15, 0.2) is 0 Å². The Morgan fingerprint density at radius 1 is 1.47 bits per heavy atom. The Morgan fingerprint density at radius 3 is 3.00 bits per heavy atom. The van der Waals surface area contributed by atoms with Crippen molar-refractivity contribution in [3.8, 4) is 0 Å². The molecule has 2 rings (SSSR count). The maximum atomic E-state index is 6.05. The molecule has 4 heteroatoms. The lowest BCUT2D eigenvalue weighted by Crippen LogP contribution is -2.48. The third-order valence-corrected chi connectivity index (χ3v) is 3.31. The van der Waals surface area contributed by atoms with Crippen molar-refractivity contribution in [2.75, 3.05) is 19.6 Å². The van der Waals surface area contributed by atoms with Gasteiger partial charge in [-0.3, -0.25) is 9.58 Å². The number of aromatic nitrogens is 2. The van der Waals surface area contributed by atoms with E-state index < -0.39 is 0 Å². The molecule has 1 aliphatic rings. The fourth-order valence-corrected chi connectivity index (χ4v) is 2.05. The van der Waals surface area contributed by atoms with Crippen LogP contribution in [0.5, 0.6) is 0 Å². The third-order valence-electron chi connectivity index (χ3n) is 3.31. The van der Waals surface area contributed by atoms with E-state index in [2.05, 4.69) is 16.9 Å². The van der Waals surface area contributed by atoms with Crippen molar-refractivity contribution < 1.29 is 0 Å². The van der Waals surface area contributed by atoms with Crippen molar-refractivity contribution in [2.45, 2.75) is 25.9 Å². The van der Waals surface area contributed by atoms with Gasteiger partial charge in [0.2, 0.25) is 0 Å². The monoisotopic (exact) mass is 208 g/mol. The number of likely N-dealkylation sites (tertiary alicyclic amines) is 1. The molecule has 2 heterocycles. The lowest BCUT2D eigenvalue weighted by atomic mass is 9.94. The molecule has 0 radical (unpaired) electrons. The van der Waals surface area contributed by atoms with E-state index in [-0.39, 0.29) is 0 Å². The number of nitrogens with zero attached hydrogens (tertiary/aromatic N) is 3. The second kappa shape index (κ2) is 4.77. The van der Waals surface area contributed by atoms with Gasteiger partial charge in [-0.1, -0.05) is 6.92 Å². The highest BCUT2D eigenvalue weighted by molar-refractivity contribution is 4.81. The molecule has 84 valence electrons. The van der Waals surface area contributed by atoms with Gasteiger partial charge in [0.1, 0.15) is 0 Å². The van der Waals surface area contributed by atoms with Gasteiger partial charge >= 0.3 is 0 Å². The first-order valence-corrected chi connectivity index (χ1v) is 5.71. The van der Waals surface area contributed by atoms with Gasteiger partial charge in [-0.2, -0.15) is 5.10 Å². The summed E-state index contributed by atoms with van der Waals surface area (Å²) in [5.41, 5.74) is 6.05. The quantitative estimate of drug-likeness (QED) is 0.789. The van der Waals surface area contributed by atoms with Gasteiger partial charge < -0.3 is 5.73 Å². The summed E-state index contributed by atoms with van der Waals surface area (Å²) in [5.74, 6) is 0.672. The van der Waals surface area contributed by atoms with E-state index in [9.17, 15) is 0 Å². The van der Waals surface area contributed by atoms with Crippen LogP contribution in [-0.2, 0) is 6.54 Å². The molecule has 15 heavy (non-hydrogen) atoms. The largest absolute Gasteiger partial charge is 0.326 e. The highest BCUT2D eigenvalue weighted by atomic mass is 15.3. The average molecular weight is 208 g/mol. The van der Waals surface area contributed by atoms with Crippen molar-refractivity contribution >= 4 is 0 Å². The summed E-state index contributed by atoms with van der Waals surface area (Å²) >= 11 is 0. The van der Waals surface area contributed by atoms with E-state index in [0.717, 1.165) is 19.6 Å². The van der Waals surface area contributed by atoms with Gasteiger partial charge in [-0.15, -0.1) is 0 Å². The van der Waals surface area contributed by atoms with Crippen LogP contribution in [0.15, 0.2) is 18.5 Å². The van der Waals surface area contributed by atoms with E-state index in [0.29, 0.717) is 12.0 Å². The summed E-state index contributed by atoms with van der Waals surface area (Å²) in [6.45, 7) is 6.48. The molecule has 0 amide bonds. The van der Waals surface area contributed by atoms with E-state index in [1.165, 1.54) is 13.0 Å². The Balaban J connectivity index is 1.76. The van der Waals surface area contributed by atoms with Gasteiger partial charge in [0.25, 0.3) is 0 Å². The van der Waals surface area contributed by atoms with Crippen LogP contribution in [0.4, 0.5) is 0 Å². The fraction of sp³-hybridized carbons (Fsp3) is 0.727. The standard InChI is InChI=1S/C11H20N4/c1-10-3-6-14(9-11(10)12)7-8-15-5-2-4-13-15/h2,4-5,10-11H,3,6-9,12H2,1H3. The van der Waals surface area contributed by atoms with Crippen molar-refractivity contribution in [3.63, 3.8) is 0 Å². The molecule has 2 atom stereocenters. The Hall–Kier alpha value is -0.870. The van der Waals surface area contributed by atoms with Crippen LogP contribution in [-0.4, -0.2) is 40.4 Å². The molecule has 1 aromatic heterocycles. The molecule has 0 saturated carbocycles. The lowest BCUT2D eigenvalue weighted by Gasteiger charge is -2.34. The van der Waals surface area contributed by atoms with E-state index in [4.69, 9.17) is 5.73 Å². The first-order valence-electron chi connectivity index (χ1n) is 5.71. The number of nitrogens with two attached hydrogens (primary N) is 1. The minimum Gasteiger partial charge on any atom is -0.326 e. The smallest absolute Gasteiger partial charge is 0.0536 e. The molecule has 0 aliphatic carbocycles. The van der Waals surface area contributed by atoms with Crippen molar-refractivity contribution in [1.82, 2.24) is 14.7 Å². The number of piperidine rings is 1. The highest BCUT2D eigenvalue weighted by Gasteiger charge is 2.22. The zero-order valence-corrected chi connectivity index (χ0v) is 9.34. The van der Waals surface area contributed by atoms with E-state index in [1.807, 2.05) is 23.1 Å². The highest BCUT2D eigenvalue weighted by Crippen LogP contribution is 2.14. The van der Waals surface area contributed by atoms with Crippen LogP contribution in [0.1, 0.15) is 13.3 Å². The van der Waals surface area contributed by atoms with Gasteiger partial charge in [-0.05, 0) is 24.9 Å². The topological polar surface area (TPSA) is 47.1 Å². The second-order valence-corrected chi connectivity index (χ2v) is 4.50. The first kappa shape index (κ1) is 10.6. The average Bonchev–Trinajstić information content (AvgIpc) is 2.73. The number of hydrogen-bond donors (Lipinski definition) is 1. The Bertz CT molecular complexity index is 283. The van der Waals surface area contributed by atoms with Crippen LogP contribution in [0.3, 0.4) is 0 Å². The second-order valence-electron chi connectivity index (χ2n) is 4.50. The molecule has 1 aliphatic heterocycles. The normalized spacial score (nSPS) is 28.1. The molecular weight excluding hydrogens is 188 g/mol. The Labute approximate surface area is 91.1 Å². The van der Waals surface area contributed by atoms with Crippen molar-refractivity contribution in [2.24, 2.45) is 11.7 Å². The predicted molar refractivity (Wildman–Crippen MR) is 60.4 cm³/mol. The molecule has 0 bridgehead atoms.